The van der Waals surface area contributed by atoms with Crippen molar-refractivity contribution in [3.8, 4) is 0 Å². The Bertz CT molecular complexity index is 275. The van der Waals surface area contributed by atoms with Gasteiger partial charge in [-0.3, -0.25) is 9.59 Å². The Balaban J connectivity index is 2.36. The molecular formula is C13H22O4. The Kier molecular flexibility index (Phi) is 5.45. The van der Waals surface area contributed by atoms with Gasteiger partial charge in [0.2, 0.25) is 0 Å². The molecule has 98 valence electrons. The quantitative estimate of drug-likeness (QED) is 0.751. The smallest absolute Gasteiger partial charge is 0.303 e. The second kappa shape index (κ2) is 6.62. The van der Waals surface area contributed by atoms with E-state index in [1.54, 1.807) is 0 Å². The van der Waals surface area contributed by atoms with Gasteiger partial charge in [-0.25, -0.2) is 0 Å². The number of rotatable bonds is 6. The Labute approximate surface area is 102 Å². The zero-order valence-electron chi connectivity index (χ0n) is 10.4. The van der Waals surface area contributed by atoms with Gasteiger partial charge in [-0.2, -0.15) is 0 Å². The number of carbonyl (C=O) groups is 2. The topological polar surface area (TPSA) is 74.6 Å². The van der Waals surface area contributed by atoms with E-state index in [0.717, 1.165) is 32.1 Å². The van der Waals surface area contributed by atoms with Crippen molar-refractivity contribution in [2.45, 2.75) is 51.9 Å². The lowest BCUT2D eigenvalue weighted by atomic mass is 9.72. The zero-order chi connectivity index (χ0) is 12.8. The van der Waals surface area contributed by atoms with Crippen molar-refractivity contribution in [2.75, 3.05) is 0 Å². The normalized spacial score (nSPS) is 28.9. The van der Waals surface area contributed by atoms with E-state index in [9.17, 15) is 9.59 Å². The number of carboxylic acid groups (broad SMARTS) is 2. The highest BCUT2D eigenvalue weighted by Gasteiger charge is 2.28. The lowest BCUT2D eigenvalue weighted by Crippen LogP contribution is -2.24. The second-order valence-electron chi connectivity index (χ2n) is 5.28. The van der Waals surface area contributed by atoms with E-state index in [2.05, 4.69) is 6.92 Å². The van der Waals surface area contributed by atoms with Crippen LogP contribution in [0.25, 0.3) is 0 Å². The predicted molar refractivity (Wildman–Crippen MR) is 63.7 cm³/mol. The van der Waals surface area contributed by atoms with E-state index in [1.807, 2.05) is 0 Å². The van der Waals surface area contributed by atoms with E-state index < -0.39 is 11.9 Å². The van der Waals surface area contributed by atoms with Crippen molar-refractivity contribution >= 4 is 11.9 Å². The van der Waals surface area contributed by atoms with Crippen LogP contribution >= 0.6 is 0 Å². The average Bonchev–Trinajstić information content (AvgIpc) is 2.26. The standard InChI is InChI=1S/C13H22O4/c1-9-2-3-10(4-6-12(14)15)8-11(9)5-7-13(16)17/h9-11H,2-8H2,1H3,(H,14,15)(H,16,17)/t9-,10+,11-/m1/s1. The predicted octanol–water partition coefficient (Wildman–Crippen LogP) is 2.77. The van der Waals surface area contributed by atoms with Gasteiger partial charge >= 0.3 is 11.9 Å². The third-order valence-corrected chi connectivity index (χ3v) is 3.97. The van der Waals surface area contributed by atoms with Crippen molar-refractivity contribution in [1.29, 1.82) is 0 Å². The van der Waals surface area contributed by atoms with Gasteiger partial charge in [-0.1, -0.05) is 19.8 Å². The molecule has 1 rings (SSSR count). The summed E-state index contributed by atoms with van der Waals surface area (Å²) in [6.07, 6.45) is 5.16. The van der Waals surface area contributed by atoms with Crippen LogP contribution in [-0.4, -0.2) is 22.2 Å². The molecule has 0 unspecified atom stereocenters. The first-order chi connectivity index (χ1) is 7.99. The molecule has 1 fully saturated rings. The highest BCUT2D eigenvalue weighted by atomic mass is 16.4. The number of aliphatic carboxylic acids is 2. The fourth-order valence-corrected chi connectivity index (χ4v) is 2.81. The van der Waals surface area contributed by atoms with Crippen LogP contribution in [0.5, 0.6) is 0 Å². The molecule has 0 radical (unpaired) electrons. The molecule has 1 aliphatic rings. The molecule has 0 bridgehead atoms. The molecule has 4 nitrogen and oxygen atoms in total. The van der Waals surface area contributed by atoms with Crippen LogP contribution in [0, 0.1) is 17.8 Å². The third-order valence-electron chi connectivity index (χ3n) is 3.97. The highest BCUT2D eigenvalue weighted by Crippen LogP contribution is 2.38. The molecule has 0 aromatic rings. The fraction of sp³-hybridized carbons (Fsp3) is 0.846. The van der Waals surface area contributed by atoms with Crippen molar-refractivity contribution in [3.05, 3.63) is 0 Å². The van der Waals surface area contributed by atoms with Crippen LogP contribution in [0.15, 0.2) is 0 Å². The van der Waals surface area contributed by atoms with Crippen LogP contribution in [0.3, 0.4) is 0 Å². The van der Waals surface area contributed by atoms with E-state index in [4.69, 9.17) is 10.2 Å². The Hall–Kier alpha value is -1.06. The molecule has 2 N–H and O–H groups in total. The van der Waals surface area contributed by atoms with Crippen LogP contribution in [0.1, 0.15) is 51.9 Å². The summed E-state index contributed by atoms with van der Waals surface area (Å²) in [5.41, 5.74) is 0. The molecule has 0 aromatic carbocycles. The lowest BCUT2D eigenvalue weighted by molar-refractivity contribution is -0.138. The number of carboxylic acids is 2. The first-order valence-corrected chi connectivity index (χ1v) is 6.42. The minimum Gasteiger partial charge on any atom is -0.481 e. The SMILES string of the molecule is C[C@@H]1CC[C@@H](CCC(=O)O)C[C@H]1CCC(=O)O. The summed E-state index contributed by atoms with van der Waals surface area (Å²) in [6.45, 7) is 2.18. The van der Waals surface area contributed by atoms with Gasteiger partial charge in [0.05, 0.1) is 0 Å². The van der Waals surface area contributed by atoms with Gasteiger partial charge in [-0.15, -0.1) is 0 Å². The number of hydrogen-bond donors (Lipinski definition) is 2. The molecule has 1 saturated carbocycles. The zero-order valence-corrected chi connectivity index (χ0v) is 10.4. The van der Waals surface area contributed by atoms with Gasteiger partial charge in [-0.05, 0) is 37.0 Å². The molecule has 0 aromatic heterocycles. The second-order valence-corrected chi connectivity index (χ2v) is 5.28. The summed E-state index contributed by atoms with van der Waals surface area (Å²) < 4.78 is 0. The molecule has 17 heavy (non-hydrogen) atoms. The number of hydrogen-bond acceptors (Lipinski definition) is 2. The van der Waals surface area contributed by atoms with Crippen LogP contribution in [-0.2, 0) is 9.59 Å². The molecule has 1 aliphatic carbocycles. The van der Waals surface area contributed by atoms with Crippen LogP contribution in [0.2, 0.25) is 0 Å². The Morgan fingerprint density at radius 1 is 1.06 bits per heavy atom. The minimum atomic E-state index is -0.732. The minimum absolute atomic E-state index is 0.237. The van der Waals surface area contributed by atoms with Crippen molar-refractivity contribution in [3.63, 3.8) is 0 Å². The largest absolute Gasteiger partial charge is 0.481 e. The Morgan fingerprint density at radius 2 is 1.65 bits per heavy atom. The first-order valence-electron chi connectivity index (χ1n) is 6.42. The molecule has 0 amide bonds. The molecule has 0 aliphatic heterocycles. The molecular weight excluding hydrogens is 220 g/mol. The molecule has 0 heterocycles. The molecule has 0 saturated heterocycles. The van der Waals surface area contributed by atoms with Crippen molar-refractivity contribution in [1.82, 2.24) is 0 Å². The molecule has 4 heteroatoms. The molecule has 3 atom stereocenters. The fourth-order valence-electron chi connectivity index (χ4n) is 2.81. The monoisotopic (exact) mass is 242 g/mol. The summed E-state index contributed by atoms with van der Waals surface area (Å²) in [5, 5.41) is 17.4. The maximum absolute atomic E-state index is 10.6. The van der Waals surface area contributed by atoms with Gasteiger partial charge in [0, 0.05) is 12.8 Å². The van der Waals surface area contributed by atoms with Gasteiger partial charge in [0.15, 0.2) is 0 Å². The van der Waals surface area contributed by atoms with Crippen molar-refractivity contribution in [2.24, 2.45) is 17.8 Å². The first kappa shape index (κ1) is 14.0. The average molecular weight is 242 g/mol. The van der Waals surface area contributed by atoms with Crippen LogP contribution < -0.4 is 0 Å². The highest BCUT2D eigenvalue weighted by molar-refractivity contribution is 5.66. The summed E-state index contributed by atoms with van der Waals surface area (Å²) in [7, 11) is 0. The van der Waals surface area contributed by atoms with E-state index in [1.165, 1.54) is 0 Å². The van der Waals surface area contributed by atoms with Gasteiger partial charge in [0.25, 0.3) is 0 Å². The summed E-state index contributed by atoms with van der Waals surface area (Å²) >= 11 is 0. The van der Waals surface area contributed by atoms with Gasteiger partial charge < -0.3 is 10.2 Å². The summed E-state index contributed by atoms with van der Waals surface area (Å²) in [5.74, 6) is 0.0470. The summed E-state index contributed by atoms with van der Waals surface area (Å²) in [6, 6.07) is 0. The van der Waals surface area contributed by atoms with E-state index >= 15 is 0 Å². The summed E-state index contributed by atoms with van der Waals surface area (Å²) in [4.78, 5) is 21.1. The maximum Gasteiger partial charge on any atom is 0.303 e. The van der Waals surface area contributed by atoms with Crippen LogP contribution in [0.4, 0.5) is 0 Å². The molecule has 0 spiro atoms. The lowest BCUT2D eigenvalue weighted by Gasteiger charge is -2.34. The Morgan fingerprint density at radius 3 is 2.24 bits per heavy atom. The third kappa shape index (κ3) is 5.20. The van der Waals surface area contributed by atoms with E-state index in [0.29, 0.717) is 17.8 Å². The van der Waals surface area contributed by atoms with E-state index in [-0.39, 0.29) is 12.8 Å². The van der Waals surface area contributed by atoms with Gasteiger partial charge in [0.1, 0.15) is 0 Å². The van der Waals surface area contributed by atoms with Crippen molar-refractivity contribution < 1.29 is 19.8 Å². The maximum atomic E-state index is 10.6.